The molecule has 14 heavy (non-hydrogen) atoms. The summed E-state index contributed by atoms with van der Waals surface area (Å²) in [6.45, 7) is 4.40. The van der Waals surface area contributed by atoms with E-state index in [-0.39, 0.29) is 6.03 Å². The lowest BCUT2D eigenvalue weighted by Crippen LogP contribution is -2.46. The quantitative estimate of drug-likeness (QED) is 0.670. The summed E-state index contributed by atoms with van der Waals surface area (Å²) in [6, 6.07) is 0.141. The van der Waals surface area contributed by atoms with Crippen molar-refractivity contribution in [2.24, 2.45) is 0 Å². The molecular weight excluding hydrogens is 180 g/mol. The lowest BCUT2D eigenvalue weighted by atomic mass is 10.1. The van der Waals surface area contributed by atoms with Crippen molar-refractivity contribution >= 4 is 6.03 Å². The van der Waals surface area contributed by atoms with E-state index in [4.69, 9.17) is 4.74 Å². The summed E-state index contributed by atoms with van der Waals surface area (Å²) in [5, 5.41) is 0. The third-order valence-electron chi connectivity index (χ3n) is 2.85. The maximum Gasteiger partial charge on any atom is 0.319 e. The molecule has 1 saturated heterocycles. The van der Waals surface area contributed by atoms with E-state index in [9.17, 15) is 4.79 Å². The van der Waals surface area contributed by atoms with Crippen LogP contribution in [0.3, 0.4) is 0 Å². The fourth-order valence-corrected chi connectivity index (χ4v) is 1.66. The number of rotatable bonds is 2. The Labute approximate surface area is 85.8 Å². The average molecular weight is 200 g/mol. The van der Waals surface area contributed by atoms with Gasteiger partial charge in [0, 0.05) is 33.8 Å². The number of hydrogen-bond acceptors (Lipinski definition) is 2. The van der Waals surface area contributed by atoms with E-state index in [1.807, 2.05) is 18.9 Å². The molecule has 0 radical (unpaired) electrons. The molecule has 0 aromatic heterocycles. The van der Waals surface area contributed by atoms with Crippen LogP contribution in [0.2, 0.25) is 0 Å². The third kappa shape index (κ3) is 2.61. The van der Waals surface area contributed by atoms with E-state index in [2.05, 4.69) is 0 Å². The van der Waals surface area contributed by atoms with Gasteiger partial charge in [0.1, 0.15) is 0 Å². The molecule has 1 aliphatic rings. The standard InChI is InChI=1S/C10H20N2O2/c1-4-11(2)10(13)12-7-5-9(14-3)6-8-12/h9H,4-8H2,1-3H3. The molecule has 0 unspecified atom stereocenters. The number of urea groups is 1. The second kappa shape index (κ2) is 5.20. The first-order chi connectivity index (χ1) is 6.69. The SMILES string of the molecule is CCN(C)C(=O)N1CCC(OC)CC1. The normalized spacial score (nSPS) is 18.4. The van der Waals surface area contributed by atoms with Gasteiger partial charge >= 0.3 is 6.03 Å². The van der Waals surface area contributed by atoms with Crippen LogP contribution in [0.1, 0.15) is 19.8 Å². The second-order valence-corrected chi connectivity index (χ2v) is 3.72. The van der Waals surface area contributed by atoms with Crippen molar-refractivity contribution in [2.45, 2.75) is 25.9 Å². The van der Waals surface area contributed by atoms with Gasteiger partial charge < -0.3 is 14.5 Å². The predicted molar refractivity (Wildman–Crippen MR) is 55.3 cm³/mol. The minimum atomic E-state index is 0.141. The summed E-state index contributed by atoms with van der Waals surface area (Å²) in [7, 11) is 3.57. The number of likely N-dealkylation sites (tertiary alicyclic amines) is 1. The van der Waals surface area contributed by atoms with Gasteiger partial charge in [0.25, 0.3) is 0 Å². The summed E-state index contributed by atoms with van der Waals surface area (Å²) in [5.41, 5.74) is 0. The first-order valence-corrected chi connectivity index (χ1v) is 5.21. The molecule has 82 valence electrons. The van der Waals surface area contributed by atoms with Crippen molar-refractivity contribution in [2.75, 3.05) is 33.8 Å². The molecule has 1 aliphatic heterocycles. The average Bonchev–Trinajstić information content (AvgIpc) is 2.27. The van der Waals surface area contributed by atoms with Crippen LogP contribution in [0.15, 0.2) is 0 Å². The Hall–Kier alpha value is -0.770. The molecule has 0 saturated carbocycles. The van der Waals surface area contributed by atoms with Gasteiger partial charge in [-0.1, -0.05) is 0 Å². The van der Waals surface area contributed by atoms with E-state index in [1.54, 1.807) is 12.0 Å². The van der Waals surface area contributed by atoms with Crippen molar-refractivity contribution in [1.82, 2.24) is 9.80 Å². The van der Waals surface area contributed by atoms with Crippen molar-refractivity contribution in [1.29, 1.82) is 0 Å². The Morgan fingerprint density at radius 3 is 2.50 bits per heavy atom. The van der Waals surface area contributed by atoms with Crippen molar-refractivity contribution < 1.29 is 9.53 Å². The van der Waals surface area contributed by atoms with Gasteiger partial charge in [-0.2, -0.15) is 0 Å². The van der Waals surface area contributed by atoms with E-state index < -0.39 is 0 Å². The van der Waals surface area contributed by atoms with Crippen LogP contribution in [0.5, 0.6) is 0 Å². The van der Waals surface area contributed by atoms with Gasteiger partial charge in [0.05, 0.1) is 6.10 Å². The highest BCUT2D eigenvalue weighted by atomic mass is 16.5. The first kappa shape index (κ1) is 11.3. The Morgan fingerprint density at radius 1 is 1.50 bits per heavy atom. The van der Waals surface area contributed by atoms with Gasteiger partial charge in [-0.05, 0) is 19.8 Å². The number of nitrogens with zero attached hydrogens (tertiary/aromatic N) is 2. The summed E-state index contributed by atoms with van der Waals surface area (Å²) < 4.78 is 5.25. The number of carbonyl (C=O) groups is 1. The van der Waals surface area contributed by atoms with Crippen molar-refractivity contribution in [3.63, 3.8) is 0 Å². The van der Waals surface area contributed by atoms with Gasteiger partial charge in [-0.15, -0.1) is 0 Å². The van der Waals surface area contributed by atoms with Crippen LogP contribution < -0.4 is 0 Å². The molecule has 0 atom stereocenters. The molecule has 0 aromatic rings. The number of piperidine rings is 1. The smallest absolute Gasteiger partial charge is 0.319 e. The topological polar surface area (TPSA) is 32.8 Å². The zero-order valence-corrected chi connectivity index (χ0v) is 9.32. The van der Waals surface area contributed by atoms with Crippen LogP contribution in [0.25, 0.3) is 0 Å². The summed E-state index contributed by atoms with van der Waals surface area (Å²) in [6.07, 6.45) is 2.26. The molecular formula is C10H20N2O2. The van der Waals surface area contributed by atoms with E-state index in [0.29, 0.717) is 6.10 Å². The van der Waals surface area contributed by atoms with Crippen molar-refractivity contribution in [3.05, 3.63) is 0 Å². The fraction of sp³-hybridized carbons (Fsp3) is 0.900. The van der Waals surface area contributed by atoms with Crippen LogP contribution in [-0.4, -0.2) is 55.7 Å². The number of ether oxygens (including phenoxy) is 1. The van der Waals surface area contributed by atoms with Gasteiger partial charge in [0.2, 0.25) is 0 Å². The molecule has 0 spiro atoms. The molecule has 1 heterocycles. The van der Waals surface area contributed by atoms with E-state index in [1.165, 1.54) is 0 Å². The fourth-order valence-electron chi connectivity index (χ4n) is 1.66. The molecule has 1 fully saturated rings. The van der Waals surface area contributed by atoms with Crippen LogP contribution in [0.4, 0.5) is 4.79 Å². The summed E-state index contributed by atoms with van der Waals surface area (Å²) >= 11 is 0. The Kier molecular flexibility index (Phi) is 4.20. The highest BCUT2D eigenvalue weighted by molar-refractivity contribution is 5.74. The van der Waals surface area contributed by atoms with Crippen LogP contribution in [0, 0.1) is 0 Å². The number of carbonyl (C=O) groups excluding carboxylic acids is 1. The molecule has 0 aliphatic carbocycles. The highest BCUT2D eigenvalue weighted by Gasteiger charge is 2.23. The van der Waals surface area contributed by atoms with E-state index >= 15 is 0 Å². The first-order valence-electron chi connectivity index (χ1n) is 5.21. The van der Waals surface area contributed by atoms with Gasteiger partial charge in [-0.25, -0.2) is 4.79 Å². The summed E-state index contributed by atoms with van der Waals surface area (Å²) in [4.78, 5) is 15.4. The highest BCUT2D eigenvalue weighted by Crippen LogP contribution is 2.13. The number of hydrogen-bond donors (Lipinski definition) is 0. The van der Waals surface area contributed by atoms with E-state index in [0.717, 1.165) is 32.5 Å². The molecule has 0 bridgehead atoms. The molecule has 4 heteroatoms. The molecule has 0 aromatic carbocycles. The van der Waals surface area contributed by atoms with Gasteiger partial charge in [-0.3, -0.25) is 0 Å². The predicted octanol–water partition coefficient (Wildman–Crippen LogP) is 1.17. The Morgan fingerprint density at radius 2 is 2.07 bits per heavy atom. The Bertz CT molecular complexity index is 189. The minimum absolute atomic E-state index is 0.141. The lowest BCUT2D eigenvalue weighted by Gasteiger charge is -2.33. The monoisotopic (exact) mass is 200 g/mol. The van der Waals surface area contributed by atoms with Gasteiger partial charge in [0.15, 0.2) is 0 Å². The maximum absolute atomic E-state index is 11.7. The summed E-state index contributed by atoms with van der Waals surface area (Å²) in [5.74, 6) is 0. The van der Waals surface area contributed by atoms with Crippen molar-refractivity contribution in [3.8, 4) is 0 Å². The zero-order chi connectivity index (χ0) is 10.6. The molecule has 4 nitrogen and oxygen atoms in total. The van der Waals surface area contributed by atoms with Crippen LogP contribution in [-0.2, 0) is 4.74 Å². The maximum atomic E-state index is 11.7. The molecule has 0 N–H and O–H groups in total. The van der Waals surface area contributed by atoms with Crippen LogP contribution >= 0.6 is 0 Å². The number of amides is 2. The second-order valence-electron chi connectivity index (χ2n) is 3.72. The largest absolute Gasteiger partial charge is 0.381 e. The zero-order valence-electron chi connectivity index (χ0n) is 9.32. The minimum Gasteiger partial charge on any atom is -0.381 e. The third-order valence-corrected chi connectivity index (χ3v) is 2.85. The Balaban J connectivity index is 2.37. The molecule has 1 rings (SSSR count). The lowest BCUT2D eigenvalue weighted by molar-refractivity contribution is 0.0460. The molecule has 2 amide bonds. The number of methoxy groups -OCH3 is 1.